The Bertz CT molecular complexity index is 1010. The molecule has 0 N–H and O–H groups in total. The quantitative estimate of drug-likeness (QED) is 0.442. The number of Topliss-reactive ketones (excluding diaryl/α,β-unsaturated/α-hetero) is 1. The van der Waals surface area contributed by atoms with E-state index >= 15 is 0 Å². The van der Waals surface area contributed by atoms with Crippen LogP contribution in [0.4, 0.5) is 8.78 Å². The lowest BCUT2D eigenvalue weighted by atomic mass is 9.98. The van der Waals surface area contributed by atoms with Crippen molar-refractivity contribution in [2.45, 2.75) is 20.0 Å². The number of aryl methyl sites for hydroxylation is 2. The van der Waals surface area contributed by atoms with Gasteiger partial charge in [-0.25, -0.2) is 13.6 Å². The van der Waals surface area contributed by atoms with E-state index in [2.05, 4.69) is 0 Å². The van der Waals surface area contributed by atoms with Crippen LogP contribution in [0.2, 0.25) is 0 Å². The molecule has 0 spiro atoms. The van der Waals surface area contributed by atoms with E-state index in [1.54, 1.807) is 48.5 Å². The van der Waals surface area contributed by atoms with Crippen LogP contribution in [0.25, 0.3) is 0 Å². The minimum Gasteiger partial charge on any atom is -0.445 e. The summed E-state index contributed by atoms with van der Waals surface area (Å²) in [6, 6.07) is 16.3. The molecule has 0 amide bonds. The van der Waals surface area contributed by atoms with E-state index in [0.29, 0.717) is 17.2 Å². The fourth-order valence-electron chi connectivity index (χ4n) is 2.71. The molecule has 0 bridgehead atoms. The Labute approximate surface area is 161 Å². The van der Waals surface area contributed by atoms with Gasteiger partial charge < -0.3 is 4.74 Å². The van der Waals surface area contributed by atoms with Crippen LogP contribution in [-0.2, 0) is 4.74 Å². The number of rotatable bonds is 5. The molecule has 3 aromatic rings. The normalized spacial score (nSPS) is 11.7. The first-order chi connectivity index (χ1) is 13.3. The number of ketones is 1. The summed E-state index contributed by atoms with van der Waals surface area (Å²) >= 11 is 0. The van der Waals surface area contributed by atoms with E-state index in [-0.39, 0.29) is 0 Å². The van der Waals surface area contributed by atoms with Gasteiger partial charge in [0.15, 0.2) is 6.10 Å². The number of carbonyl (C=O) groups excluding carboxylic acids is 2. The van der Waals surface area contributed by atoms with Gasteiger partial charge in [0.2, 0.25) is 5.78 Å². The van der Waals surface area contributed by atoms with Crippen LogP contribution >= 0.6 is 0 Å². The zero-order valence-electron chi connectivity index (χ0n) is 15.4. The predicted molar refractivity (Wildman–Crippen MR) is 101 cm³/mol. The number of esters is 1. The van der Waals surface area contributed by atoms with Gasteiger partial charge in [-0.2, -0.15) is 0 Å². The Morgan fingerprint density at radius 1 is 0.821 bits per heavy atom. The monoisotopic (exact) mass is 380 g/mol. The van der Waals surface area contributed by atoms with E-state index in [4.69, 9.17) is 4.74 Å². The highest BCUT2D eigenvalue weighted by Crippen LogP contribution is 2.25. The SMILES string of the molecule is Cc1ccc(C(=O)[C@H](OC(=O)c2ccc(F)cc2F)c2ccc(C)cc2)cc1. The highest BCUT2D eigenvalue weighted by molar-refractivity contribution is 6.02. The molecular formula is C23H18F2O3. The van der Waals surface area contributed by atoms with Crippen molar-refractivity contribution in [1.29, 1.82) is 0 Å². The van der Waals surface area contributed by atoms with Crippen molar-refractivity contribution in [2.75, 3.05) is 0 Å². The van der Waals surface area contributed by atoms with Gasteiger partial charge in [-0.15, -0.1) is 0 Å². The molecular weight excluding hydrogens is 362 g/mol. The summed E-state index contributed by atoms with van der Waals surface area (Å²) in [7, 11) is 0. The Hall–Kier alpha value is -3.34. The highest BCUT2D eigenvalue weighted by atomic mass is 19.1. The number of ether oxygens (including phenoxy) is 1. The molecule has 0 fully saturated rings. The summed E-state index contributed by atoms with van der Waals surface area (Å²) in [4.78, 5) is 25.5. The largest absolute Gasteiger partial charge is 0.445 e. The molecule has 0 radical (unpaired) electrons. The van der Waals surface area contributed by atoms with Gasteiger partial charge in [-0.3, -0.25) is 4.79 Å². The van der Waals surface area contributed by atoms with Crippen LogP contribution in [0, 0.1) is 25.5 Å². The summed E-state index contributed by atoms with van der Waals surface area (Å²) < 4.78 is 32.4. The Kier molecular flexibility index (Phi) is 5.64. The molecule has 0 saturated carbocycles. The molecule has 0 heterocycles. The Balaban J connectivity index is 1.96. The van der Waals surface area contributed by atoms with E-state index in [1.807, 2.05) is 13.8 Å². The first-order valence-corrected chi connectivity index (χ1v) is 8.68. The lowest BCUT2D eigenvalue weighted by Crippen LogP contribution is -2.21. The molecule has 0 aliphatic carbocycles. The molecule has 5 heteroatoms. The van der Waals surface area contributed by atoms with Crippen molar-refractivity contribution < 1.29 is 23.1 Å². The second-order valence-electron chi connectivity index (χ2n) is 6.55. The van der Waals surface area contributed by atoms with E-state index in [1.165, 1.54) is 0 Å². The molecule has 1 atom stereocenters. The van der Waals surface area contributed by atoms with Crippen molar-refractivity contribution in [2.24, 2.45) is 0 Å². The maximum absolute atomic E-state index is 13.9. The summed E-state index contributed by atoms with van der Waals surface area (Å²) in [5, 5.41) is 0. The molecule has 0 aromatic heterocycles. The molecule has 0 unspecified atom stereocenters. The van der Waals surface area contributed by atoms with Crippen LogP contribution in [0.5, 0.6) is 0 Å². The topological polar surface area (TPSA) is 43.4 Å². The van der Waals surface area contributed by atoms with Crippen molar-refractivity contribution in [3.05, 3.63) is 106 Å². The first-order valence-electron chi connectivity index (χ1n) is 8.68. The summed E-state index contributed by atoms with van der Waals surface area (Å²) in [6.07, 6.45) is -1.25. The van der Waals surface area contributed by atoms with Crippen molar-refractivity contribution in [1.82, 2.24) is 0 Å². The number of halogens is 2. The summed E-state index contributed by atoms with van der Waals surface area (Å²) in [6.45, 7) is 3.78. The molecule has 3 nitrogen and oxygen atoms in total. The fourth-order valence-corrected chi connectivity index (χ4v) is 2.71. The predicted octanol–water partition coefficient (Wildman–Crippen LogP) is 5.36. The van der Waals surface area contributed by atoms with Crippen LogP contribution in [0.3, 0.4) is 0 Å². The van der Waals surface area contributed by atoms with Crippen LogP contribution in [-0.4, -0.2) is 11.8 Å². The van der Waals surface area contributed by atoms with Gasteiger partial charge in [0.1, 0.15) is 11.6 Å². The van der Waals surface area contributed by atoms with E-state index in [0.717, 1.165) is 23.3 Å². The van der Waals surface area contributed by atoms with Crippen molar-refractivity contribution >= 4 is 11.8 Å². The van der Waals surface area contributed by atoms with E-state index in [9.17, 15) is 18.4 Å². The maximum Gasteiger partial charge on any atom is 0.342 e. The summed E-state index contributed by atoms with van der Waals surface area (Å²) in [5.74, 6) is -3.32. The molecule has 3 rings (SSSR count). The third-order valence-corrected chi connectivity index (χ3v) is 4.33. The zero-order chi connectivity index (χ0) is 20.3. The average molecular weight is 380 g/mol. The minimum atomic E-state index is -1.25. The molecule has 0 saturated heterocycles. The first kappa shape index (κ1) is 19.4. The smallest absolute Gasteiger partial charge is 0.342 e. The Morgan fingerprint density at radius 2 is 1.39 bits per heavy atom. The van der Waals surface area contributed by atoms with Gasteiger partial charge in [0.25, 0.3) is 0 Å². The van der Waals surface area contributed by atoms with E-state index < -0.39 is 35.1 Å². The number of benzene rings is 3. The van der Waals surface area contributed by atoms with Gasteiger partial charge in [-0.05, 0) is 26.0 Å². The fraction of sp³-hybridized carbons (Fsp3) is 0.130. The lowest BCUT2D eigenvalue weighted by Gasteiger charge is -2.18. The number of carbonyl (C=O) groups is 2. The van der Waals surface area contributed by atoms with Crippen molar-refractivity contribution in [3.63, 3.8) is 0 Å². The number of hydrogen-bond acceptors (Lipinski definition) is 3. The van der Waals surface area contributed by atoms with Gasteiger partial charge in [-0.1, -0.05) is 59.7 Å². The van der Waals surface area contributed by atoms with Crippen LogP contribution < -0.4 is 0 Å². The highest BCUT2D eigenvalue weighted by Gasteiger charge is 2.28. The van der Waals surface area contributed by atoms with Crippen LogP contribution in [0.15, 0.2) is 66.7 Å². The second kappa shape index (κ2) is 8.13. The third-order valence-electron chi connectivity index (χ3n) is 4.33. The van der Waals surface area contributed by atoms with Gasteiger partial charge >= 0.3 is 5.97 Å². The number of hydrogen-bond donors (Lipinski definition) is 0. The molecule has 0 aliphatic heterocycles. The van der Waals surface area contributed by atoms with Crippen molar-refractivity contribution in [3.8, 4) is 0 Å². The maximum atomic E-state index is 13.9. The third kappa shape index (κ3) is 4.31. The molecule has 28 heavy (non-hydrogen) atoms. The van der Waals surface area contributed by atoms with Gasteiger partial charge in [0, 0.05) is 17.2 Å². The zero-order valence-corrected chi connectivity index (χ0v) is 15.4. The van der Waals surface area contributed by atoms with Gasteiger partial charge in [0.05, 0.1) is 5.56 Å². The Morgan fingerprint density at radius 3 is 1.96 bits per heavy atom. The lowest BCUT2D eigenvalue weighted by molar-refractivity contribution is 0.0275. The average Bonchev–Trinajstić information content (AvgIpc) is 2.67. The molecule has 0 aliphatic rings. The summed E-state index contributed by atoms with van der Waals surface area (Å²) in [5.41, 5.74) is 2.35. The second-order valence-corrected chi connectivity index (χ2v) is 6.55. The standard InChI is InChI=1S/C23H18F2O3/c1-14-3-7-16(8-4-14)21(26)22(17-9-5-15(2)6-10-17)28-23(27)19-12-11-18(24)13-20(19)25/h3-13,22H,1-2H3/t22-/m1/s1. The molecule has 142 valence electrons. The minimum absolute atomic E-state index is 0.364. The molecule has 3 aromatic carbocycles. The van der Waals surface area contributed by atoms with Crippen LogP contribution in [0.1, 0.15) is 43.5 Å².